The lowest BCUT2D eigenvalue weighted by atomic mass is 10.2. The van der Waals surface area contributed by atoms with E-state index in [-0.39, 0.29) is 5.91 Å². The maximum Gasteiger partial charge on any atom is 0.257 e. The molecule has 0 saturated carbocycles. The number of pyridine rings is 1. The Bertz CT molecular complexity index is 498. The minimum Gasteiger partial charge on any atom is -0.369 e. The largest absolute Gasteiger partial charge is 0.369 e. The van der Waals surface area contributed by atoms with E-state index in [1.807, 2.05) is 6.92 Å². The van der Waals surface area contributed by atoms with E-state index < -0.39 is 0 Å². The smallest absolute Gasteiger partial charge is 0.257 e. The van der Waals surface area contributed by atoms with Gasteiger partial charge in [0.05, 0.1) is 18.1 Å². The first kappa shape index (κ1) is 16.4. The van der Waals surface area contributed by atoms with Crippen LogP contribution in [0.3, 0.4) is 0 Å². The number of halogens is 1. The molecular formula is C14H19BrN4O. The number of amides is 1. The zero-order valence-corrected chi connectivity index (χ0v) is 13.4. The molecule has 0 atom stereocenters. The molecule has 0 aliphatic carbocycles. The number of carbonyl (C=O) groups excluding carboxylic acids is 1. The van der Waals surface area contributed by atoms with Gasteiger partial charge in [0, 0.05) is 30.3 Å². The molecule has 0 bridgehead atoms. The summed E-state index contributed by atoms with van der Waals surface area (Å²) in [5.74, 6) is 0.491. The van der Waals surface area contributed by atoms with E-state index in [0.717, 1.165) is 17.4 Å². The summed E-state index contributed by atoms with van der Waals surface area (Å²) in [5, 5.41) is 11.8. The van der Waals surface area contributed by atoms with Gasteiger partial charge in [-0.25, -0.2) is 4.98 Å². The molecule has 0 fully saturated rings. The van der Waals surface area contributed by atoms with Gasteiger partial charge in [-0.05, 0) is 35.3 Å². The van der Waals surface area contributed by atoms with Gasteiger partial charge in [-0.3, -0.25) is 4.79 Å². The molecule has 0 aliphatic heterocycles. The molecule has 108 valence electrons. The number of nitriles is 1. The highest BCUT2D eigenvalue weighted by Crippen LogP contribution is 2.20. The van der Waals surface area contributed by atoms with Crippen molar-refractivity contribution in [2.75, 3.05) is 25.0 Å². The van der Waals surface area contributed by atoms with Crippen LogP contribution in [0.15, 0.2) is 16.7 Å². The van der Waals surface area contributed by atoms with Crippen molar-refractivity contribution in [1.82, 2.24) is 9.88 Å². The molecule has 6 heteroatoms. The number of carbonyl (C=O) groups is 1. The van der Waals surface area contributed by atoms with Crippen molar-refractivity contribution < 1.29 is 4.79 Å². The third-order valence-corrected chi connectivity index (χ3v) is 3.22. The molecule has 1 heterocycles. The van der Waals surface area contributed by atoms with Gasteiger partial charge in [0.2, 0.25) is 0 Å². The Morgan fingerprint density at radius 2 is 2.30 bits per heavy atom. The molecule has 20 heavy (non-hydrogen) atoms. The fourth-order valence-electron chi connectivity index (χ4n) is 1.75. The molecule has 0 aromatic carbocycles. The first-order valence-electron chi connectivity index (χ1n) is 6.69. The van der Waals surface area contributed by atoms with Crippen molar-refractivity contribution >= 4 is 27.7 Å². The lowest BCUT2D eigenvalue weighted by molar-refractivity contribution is 0.0768. The number of rotatable bonds is 7. The highest BCUT2D eigenvalue weighted by molar-refractivity contribution is 9.10. The average molecular weight is 339 g/mol. The van der Waals surface area contributed by atoms with E-state index in [2.05, 4.69) is 39.2 Å². The Balaban J connectivity index is 2.99. The monoisotopic (exact) mass is 338 g/mol. The van der Waals surface area contributed by atoms with E-state index in [1.54, 1.807) is 17.2 Å². The molecule has 0 aliphatic rings. The standard InChI is InChI=1S/C14H19BrN4O/c1-3-7-17-13-12(9-11(15)10-18-13)14(20)19(4-2)8-5-6-16/h9-10H,3-5,7-8H2,1-2H3,(H,17,18). The summed E-state index contributed by atoms with van der Waals surface area (Å²) in [4.78, 5) is 18.5. The van der Waals surface area contributed by atoms with Gasteiger partial charge in [-0.15, -0.1) is 0 Å². The highest BCUT2D eigenvalue weighted by Gasteiger charge is 2.18. The molecule has 5 nitrogen and oxygen atoms in total. The molecule has 1 amide bonds. The normalized spacial score (nSPS) is 9.90. The maximum atomic E-state index is 12.5. The summed E-state index contributed by atoms with van der Waals surface area (Å²) >= 11 is 3.34. The SMILES string of the molecule is CCCNc1ncc(Br)cc1C(=O)N(CC)CCC#N. The Kier molecular flexibility index (Phi) is 7.02. The van der Waals surface area contributed by atoms with Crippen LogP contribution in [0.4, 0.5) is 5.82 Å². The predicted molar refractivity (Wildman–Crippen MR) is 82.5 cm³/mol. The number of hydrogen-bond acceptors (Lipinski definition) is 4. The average Bonchev–Trinajstić information content (AvgIpc) is 2.46. The minimum absolute atomic E-state index is 0.102. The van der Waals surface area contributed by atoms with Gasteiger partial charge in [0.1, 0.15) is 5.82 Å². The molecule has 0 radical (unpaired) electrons. The summed E-state index contributed by atoms with van der Waals surface area (Å²) in [6, 6.07) is 3.83. The molecule has 0 spiro atoms. The molecule has 1 aromatic heterocycles. The molecular weight excluding hydrogens is 320 g/mol. The van der Waals surface area contributed by atoms with Crippen molar-refractivity contribution in [2.45, 2.75) is 26.7 Å². The van der Waals surface area contributed by atoms with Crippen molar-refractivity contribution in [3.8, 4) is 6.07 Å². The number of aromatic nitrogens is 1. The van der Waals surface area contributed by atoms with Crippen molar-refractivity contribution in [1.29, 1.82) is 5.26 Å². The number of anilines is 1. The Morgan fingerprint density at radius 1 is 1.55 bits per heavy atom. The molecule has 1 rings (SSSR count). The lowest BCUT2D eigenvalue weighted by Crippen LogP contribution is -2.32. The Hall–Kier alpha value is -1.61. The molecule has 1 aromatic rings. The van der Waals surface area contributed by atoms with Crippen molar-refractivity contribution in [3.05, 3.63) is 22.3 Å². The van der Waals surface area contributed by atoms with E-state index >= 15 is 0 Å². The molecule has 0 saturated heterocycles. The van der Waals surface area contributed by atoms with Gasteiger partial charge in [-0.1, -0.05) is 6.92 Å². The van der Waals surface area contributed by atoms with Crippen LogP contribution in [0.1, 0.15) is 37.0 Å². The van der Waals surface area contributed by atoms with E-state index in [0.29, 0.717) is 30.9 Å². The maximum absolute atomic E-state index is 12.5. The van der Waals surface area contributed by atoms with Crippen molar-refractivity contribution in [3.63, 3.8) is 0 Å². The van der Waals surface area contributed by atoms with Gasteiger partial charge < -0.3 is 10.2 Å². The summed E-state index contributed by atoms with van der Waals surface area (Å²) in [6.45, 7) is 5.73. The van der Waals surface area contributed by atoms with Crippen LogP contribution < -0.4 is 5.32 Å². The zero-order chi connectivity index (χ0) is 15.0. The Morgan fingerprint density at radius 3 is 2.90 bits per heavy atom. The topological polar surface area (TPSA) is 69.0 Å². The second-order valence-corrected chi connectivity index (χ2v) is 5.19. The predicted octanol–water partition coefficient (Wildman–Crippen LogP) is 3.04. The van der Waals surface area contributed by atoms with Crippen LogP contribution in [0, 0.1) is 11.3 Å². The third-order valence-electron chi connectivity index (χ3n) is 2.79. The quantitative estimate of drug-likeness (QED) is 0.829. The summed E-state index contributed by atoms with van der Waals surface area (Å²) in [7, 11) is 0. The highest BCUT2D eigenvalue weighted by atomic mass is 79.9. The first-order valence-corrected chi connectivity index (χ1v) is 7.48. The second-order valence-electron chi connectivity index (χ2n) is 4.27. The van der Waals surface area contributed by atoms with Crippen molar-refractivity contribution in [2.24, 2.45) is 0 Å². The molecule has 0 unspecified atom stereocenters. The van der Waals surface area contributed by atoms with E-state index in [1.165, 1.54) is 0 Å². The van der Waals surface area contributed by atoms with E-state index in [4.69, 9.17) is 5.26 Å². The Labute approximate surface area is 128 Å². The van der Waals surface area contributed by atoms with Gasteiger partial charge in [0.25, 0.3) is 5.91 Å². The summed E-state index contributed by atoms with van der Waals surface area (Å²) in [6.07, 6.45) is 2.95. The van der Waals surface area contributed by atoms with Gasteiger partial charge >= 0.3 is 0 Å². The number of nitrogens with one attached hydrogen (secondary N) is 1. The summed E-state index contributed by atoms with van der Waals surface area (Å²) < 4.78 is 0.763. The summed E-state index contributed by atoms with van der Waals surface area (Å²) in [5.41, 5.74) is 0.535. The van der Waals surface area contributed by atoms with Crippen LogP contribution >= 0.6 is 15.9 Å². The van der Waals surface area contributed by atoms with Crippen LogP contribution in [0.2, 0.25) is 0 Å². The third kappa shape index (κ3) is 4.49. The van der Waals surface area contributed by atoms with Crippen LogP contribution in [-0.2, 0) is 0 Å². The fourth-order valence-corrected chi connectivity index (χ4v) is 2.08. The number of nitrogens with zero attached hydrogens (tertiary/aromatic N) is 3. The molecule has 1 N–H and O–H groups in total. The lowest BCUT2D eigenvalue weighted by Gasteiger charge is -2.21. The number of hydrogen-bond donors (Lipinski definition) is 1. The fraction of sp³-hybridized carbons (Fsp3) is 0.500. The first-order chi connectivity index (χ1) is 9.63. The minimum atomic E-state index is -0.102. The second kappa shape index (κ2) is 8.54. The van der Waals surface area contributed by atoms with Gasteiger partial charge in [-0.2, -0.15) is 5.26 Å². The van der Waals surface area contributed by atoms with Gasteiger partial charge in [0.15, 0.2) is 0 Å². The zero-order valence-electron chi connectivity index (χ0n) is 11.8. The van der Waals surface area contributed by atoms with Crippen LogP contribution in [0.5, 0.6) is 0 Å². The van der Waals surface area contributed by atoms with E-state index in [9.17, 15) is 4.79 Å². The van der Waals surface area contributed by atoms with Crippen LogP contribution in [0.25, 0.3) is 0 Å². The van der Waals surface area contributed by atoms with Crippen LogP contribution in [-0.4, -0.2) is 35.4 Å².